The molecule has 0 bridgehead atoms. The maximum atomic E-state index is 11.8. The average Bonchev–Trinajstić information content (AvgIpc) is 2.93. The number of amides is 1. The number of ether oxygens (including phenoxy) is 1. The van der Waals surface area contributed by atoms with E-state index in [2.05, 4.69) is 15.6 Å². The molecule has 0 atom stereocenters. The lowest BCUT2D eigenvalue weighted by atomic mass is 10.2. The van der Waals surface area contributed by atoms with E-state index in [1.54, 1.807) is 13.3 Å². The Kier molecular flexibility index (Phi) is 4.67. The molecule has 7 heteroatoms. The van der Waals surface area contributed by atoms with E-state index in [1.165, 1.54) is 4.68 Å². The van der Waals surface area contributed by atoms with Gasteiger partial charge in [-0.1, -0.05) is 17.3 Å². The molecule has 0 saturated heterocycles. The Morgan fingerprint density at radius 2 is 2.15 bits per heavy atom. The van der Waals surface area contributed by atoms with E-state index in [9.17, 15) is 4.79 Å². The zero-order chi connectivity index (χ0) is 14.4. The molecule has 1 heterocycles. The van der Waals surface area contributed by atoms with Crippen molar-refractivity contribution in [3.63, 3.8) is 0 Å². The molecule has 0 unspecified atom stereocenters. The first kappa shape index (κ1) is 14.0. The van der Waals surface area contributed by atoms with Crippen molar-refractivity contribution < 1.29 is 9.53 Å². The number of carbonyl (C=O) groups excluding carboxylic acids is 1. The molecule has 0 saturated carbocycles. The van der Waals surface area contributed by atoms with Crippen LogP contribution in [0.1, 0.15) is 11.3 Å². The highest BCUT2D eigenvalue weighted by molar-refractivity contribution is 5.75. The van der Waals surface area contributed by atoms with Crippen LogP contribution < -0.4 is 15.8 Å². The number of aromatic nitrogens is 3. The van der Waals surface area contributed by atoms with Crippen molar-refractivity contribution in [3.05, 3.63) is 41.7 Å². The van der Waals surface area contributed by atoms with E-state index < -0.39 is 0 Å². The third-order valence-corrected chi connectivity index (χ3v) is 2.75. The molecule has 7 nitrogen and oxygen atoms in total. The van der Waals surface area contributed by atoms with Gasteiger partial charge in [0.15, 0.2) is 0 Å². The first-order valence-electron chi connectivity index (χ1n) is 6.20. The van der Waals surface area contributed by atoms with E-state index in [1.807, 2.05) is 24.3 Å². The Bertz CT molecular complexity index is 564. The quantitative estimate of drug-likeness (QED) is 0.777. The summed E-state index contributed by atoms with van der Waals surface area (Å²) in [7, 11) is 1.62. The predicted molar refractivity (Wildman–Crippen MR) is 72.8 cm³/mol. The van der Waals surface area contributed by atoms with Crippen LogP contribution in [0.15, 0.2) is 30.5 Å². The molecule has 2 rings (SSSR count). The van der Waals surface area contributed by atoms with Gasteiger partial charge in [0.05, 0.1) is 19.0 Å². The van der Waals surface area contributed by atoms with Gasteiger partial charge in [-0.25, -0.2) is 4.68 Å². The minimum absolute atomic E-state index is 0.128. The molecule has 0 aliphatic heterocycles. The van der Waals surface area contributed by atoms with Gasteiger partial charge < -0.3 is 15.8 Å². The fourth-order valence-electron chi connectivity index (χ4n) is 1.66. The summed E-state index contributed by atoms with van der Waals surface area (Å²) in [5, 5.41) is 10.4. The van der Waals surface area contributed by atoms with Crippen molar-refractivity contribution in [2.45, 2.75) is 19.6 Å². The van der Waals surface area contributed by atoms with Crippen LogP contribution in [0.5, 0.6) is 5.75 Å². The smallest absolute Gasteiger partial charge is 0.242 e. The Morgan fingerprint density at radius 3 is 2.75 bits per heavy atom. The summed E-state index contributed by atoms with van der Waals surface area (Å²) in [6.07, 6.45) is 1.66. The Balaban J connectivity index is 1.82. The molecule has 3 N–H and O–H groups in total. The van der Waals surface area contributed by atoms with Gasteiger partial charge in [-0.2, -0.15) is 0 Å². The third-order valence-electron chi connectivity index (χ3n) is 2.75. The first-order chi connectivity index (χ1) is 9.71. The molecule has 1 aromatic carbocycles. The number of nitrogens with zero attached hydrogens (tertiary/aromatic N) is 3. The predicted octanol–water partition coefficient (Wildman–Crippen LogP) is 0.0618. The van der Waals surface area contributed by atoms with Crippen molar-refractivity contribution >= 4 is 5.91 Å². The molecule has 0 aliphatic carbocycles. The molecule has 1 amide bonds. The molecule has 0 spiro atoms. The van der Waals surface area contributed by atoms with Gasteiger partial charge in [0.25, 0.3) is 0 Å². The van der Waals surface area contributed by atoms with E-state index in [0.717, 1.165) is 11.3 Å². The summed E-state index contributed by atoms with van der Waals surface area (Å²) in [4.78, 5) is 11.8. The zero-order valence-electron chi connectivity index (χ0n) is 11.2. The second-order valence-corrected chi connectivity index (χ2v) is 4.24. The van der Waals surface area contributed by atoms with Crippen LogP contribution >= 0.6 is 0 Å². The monoisotopic (exact) mass is 275 g/mol. The van der Waals surface area contributed by atoms with Gasteiger partial charge in [0.1, 0.15) is 12.3 Å². The second kappa shape index (κ2) is 6.67. The number of methoxy groups -OCH3 is 1. The molecular formula is C13H17N5O2. The van der Waals surface area contributed by atoms with E-state index in [4.69, 9.17) is 10.5 Å². The summed E-state index contributed by atoms with van der Waals surface area (Å²) in [5.41, 5.74) is 7.09. The lowest BCUT2D eigenvalue weighted by molar-refractivity contribution is -0.122. The fourth-order valence-corrected chi connectivity index (χ4v) is 1.66. The topological polar surface area (TPSA) is 95.1 Å². The number of rotatable bonds is 6. The highest BCUT2D eigenvalue weighted by atomic mass is 16.5. The number of hydrogen-bond donors (Lipinski definition) is 2. The van der Waals surface area contributed by atoms with E-state index in [-0.39, 0.29) is 12.5 Å². The largest absolute Gasteiger partial charge is 0.497 e. The third kappa shape index (κ3) is 3.79. The maximum absolute atomic E-state index is 11.8. The van der Waals surface area contributed by atoms with Gasteiger partial charge in [-0.3, -0.25) is 4.79 Å². The Labute approximate surface area is 116 Å². The summed E-state index contributed by atoms with van der Waals surface area (Å²) < 4.78 is 6.53. The molecule has 0 radical (unpaired) electrons. The number of nitrogens with one attached hydrogen (secondary N) is 1. The molecule has 1 aromatic heterocycles. The van der Waals surface area contributed by atoms with Crippen molar-refractivity contribution in [1.29, 1.82) is 0 Å². The fraction of sp³-hybridized carbons (Fsp3) is 0.308. The van der Waals surface area contributed by atoms with Crippen LogP contribution in [0.4, 0.5) is 0 Å². The number of hydrogen-bond acceptors (Lipinski definition) is 5. The Morgan fingerprint density at radius 1 is 1.40 bits per heavy atom. The van der Waals surface area contributed by atoms with Gasteiger partial charge in [0.2, 0.25) is 5.91 Å². The molecule has 2 aromatic rings. The van der Waals surface area contributed by atoms with Crippen molar-refractivity contribution in [2.75, 3.05) is 7.11 Å². The number of nitrogens with two attached hydrogens (primary N) is 1. The van der Waals surface area contributed by atoms with Gasteiger partial charge in [0, 0.05) is 13.1 Å². The summed E-state index contributed by atoms with van der Waals surface area (Å²) >= 11 is 0. The van der Waals surface area contributed by atoms with E-state index >= 15 is 0 Å². The standard InChI is InChI=1S/C13H17N5O2/c1-20-12-4-2-10(3-5-12)7-15-13(19)9-18-8-11(6-14)16-17-18/h2-5,8H,6-7,9,14H2,1H3,(H,15,19). The van der Waals surface area contributed by atoms with Crippen LogP contribution in [0, 0.1) is 0 Å². The van der Waals surface area contributed by atoms with Gasteiger partial charge in [-0.15, -0.1) is 5.10 Å². The summed E-state index contributed by atoms with van der Waals surface area (Å²) in [6.45, 7) is 0.901. The molecule has 106 valence electrons. The first-order valence-corrected chi connectivity index (χ1v) is 6.20. The van der Waals surface area contributed by atoms with Crippen LogP contribution in [-0.2, 0) is 24.4 Å². The number of carbonyl (C=O) groups is 1. The SMILES string of the molecule is COc1ccc(CNC(=O)Cn2cc(CN)nn2)cc1. The Hall–Kier alpha value is -2.41. The van der Waals surface area contributed by atoms with Crippen LogP contribution in [0.25, 0.3) is 0 Å². The lowest BCUT2D eigenvalue weighted by Gasteiger charge is -2.06. The molecule has 0 fully saturated rings. The van der Waals surface area contributed by atoms with Crippen LogP contribution in [0.3, 0.4) is 0 Å². The highest BCUT2D eigenvalue weighted by Gasteiger charge is 2.05. The van der Waals surface area contributed by atoms with E-state index in [0.29, 0.717) is 18.8 Å². The summed E-state index contributed by atoms with van der Waals surface area (Å²) in [6, 6.07) is 7.51. The molecule has 0 aliphatic rings. The highest BCUT2D eigenvalue weighted by Crippen LogP contribution is 2.10. The van der Waals surface area contributed by atoms with Crippen molar-refractivity contribution in [2.24, 2.45) is 5.73 Å². The zero-order valence-corrected chi connectivity index (χ0v) is 11.2. The molecule has 20 heavy (non-hydrogen) atoms. The van der Waals surface area contributed by atoms with Crippen LogP contribution in [-0.4, -0.2) is 28.0 Å². The normalized spacial score (nSPS) is 10.3. The van der Waals surface area contributed by atoms with Gasteiger partial charge in [-0.05, 0) is 17.7 Å². The summed E-state index contributed by atoms with van der Waals surface area (Å²) in [5.74, 6) is 0.659. The minimum atomic E-state index is -0.130. The number of benzene rings is 1. The van der Waals surface area contributed by atoms with Crippen molar-refractivity contribution in [1.82, 2.24) is 20.3 Å². The lowest BCUT2D eigenvalue weighted by Crippen LogP contribution is -2.27. The van der Waals surface area contributed by atoms with Gasteiger partial charge >= 0.3 is 0 Å². The van der Waals surface area contributed by atoms with Crippen LogP contribution in [0.2, 0.25) is 0 Å². The van der Waals surface area contributed by atoms with Crippen molar-refractivity contribution in [3.8, 4) is 5.75 Å². The minimum Gasteiger partial charge on any atom is -0.497 e. The molecular weight excluding hydrogens is 258 g/mol. The second-order valence-electron chi connectivity index (χ2n) is 4.24. The average molecular weight is 275 g/mol. The maximum Gasteiger partial charge on any atom is 0.242 e.